The highest BCUT2D eigenvalue weighted by molar-refractivity contribution is 7.21. The zero-order valence-corrected chi connectivity index (χ0v) is 12.2. The van der Waals surface area contributed by atoms with Gasteiger partial charge in [0.25, 0.3) is 5.56 Å². The zero-order chi connectivity index (χ0) is 15.1. The third-order valence-electron chi connectivity index (χ3n) is 3.49. The molecule has 4 nitrogen and oxygen atoms in total. The van der Waals surface area contributed by atoms with Crippen molar-refractivity contribution in [3.05, 3.63) is 81.5 Å². The minimum Gasteiger partial charge on any atom is -0.268 e. The van der Waals surface area contributed by atoms with E-state index in [9.17, 15) is 9.59 Å². The highest BCUT2D eigenvalue weighted by atomic mass is 32.1. The number of para-hydroxylation sites is 1. The maximum Gasteiger partial charge on any atom is 0.356 e. The first-order valence-electron chi connectivity index (χ1n) is 6.75. The van der Waals surface area contributed by atoms with E-state index in [4.69, 9.17) is 0 Å². The van der Waals surface area contributed by atoms with E-state index in [1.165, 1.54) is 11.3 Å². The molecule has 0 bridgehead atoms. The molecule has 4 rings (SSSR count). The third-order valence-corrected chi connectivity index (χ3v) is 4.59. The van der Waals surface area contributed by atoms with Crippen molar-refractivity contribution >= 4 is 21.4 Å². The molecule has 0 N–H and O–H groups in total. The summed E-state index contributed by atoms with van der Waals surface area (Å²) in [4.78, 5) is 29.1. The van der Waals surface area contributed by atoms with Gasteiger partial charge in [-0.2, -0.15) is 4.98 Å². The summed E-state index contributed by atoms with van der Waals surface area (Å²) in [7, 11) is 0. The van der Waals surface area contributed by atoms with Crippen LogP contribution in [-0.4, -0.2) is 9.55 Å². The Morgan fingerprint density at radius 3 is 2.45 bits per heavy atom. The van der Waals surface area contributed by atoms with Gasteiger partial charge in [-0.25, -0.2) is 9.36 Å². The quantitative estimate of drug-likeness (QED) is 0.508. The van der Waals surface area contributed by atoms with Crippen LogP contribution in [0, 0.1) is 0 Å². The van der Waals surface area contributed by atoms with Crippen LogP contribution in [0.5, 0.6) is 0 Å². The maximum atomic E-state index is 12.7. The van der Waals surface area contributed by atoms with Gasteiger partial charge in [0.15, 0.2) is 0 Å². The Morgan fingerprint density at radius 1 is 0.909 bits per heavy atom. The van der Waals surface area contributed by atoms with Crippen LogP contribution in [0.3, 0.4) is 0 Å². The van der Waals surface area contributed by atoms with E-state index in [2.05, 4.69) is 4.98 Å². The van der Waals surface area contributed by atoms with Gasteiger partial charge in [-0.3, -0.25) is 4.79 Å². The van der Waals surface area contributed by atoms with Crippen LogP contribution < -0.4 is 11.2 Å². The predicted molar refractivity (Wildman–Crippen MR) is 88.1 cm³/mol. The van der Waals surface area contributed by atoms with Gasteiger partial charge < -0.3 is 0 Å². The molecule has 0 spiro atoms. The molecule has 2 aromatic rings. The number of hydrogen-bond acceptors (Lipinski definition) is 4. The largest absolute Gasteiger partial charge is 0.356 e. The smallest absolute Gasteiger partial charge is 0.268 e. The molecule has 0 aromatic heterocycles. The molecule has 0 saturated carbocycles. The average molecular weight is 306 g/mol. The number of fused-ring (bicyclic) bond motifs is 2. The maximum absolute atomic E-state index is 12.7. The molecule has 0 saturated heterocycles. The van der Waals surface area contributed by atoms with Gasteiger partial charge in [0.2, 0.25) is 0 Å². The second-order valence-corrected chi connectivity index (χ2v) is 5.90. The molecular formula is C17H10N2O2S. The van der Waals surface area contributed by atoms with Crippen LogP contribution in [0.15, 0.2) is 70.3 Å². The van der Waals surface area contributed by atoms with Gasteiger partial charge in [-0.05, 0) is 29.7 Å². The number of aromatic nitrogens is 2. The van der Waals surface area contributed by atoms with E-state index in [0.717, 1.165) is 14.7 Å². The lowest BCUT2D eigenvalue weighted by molar-refractivity contribution is 0.883. The monoisotopic (exact) mass is 306 g/mol. The van der Waals surface area contributed by atoms with Crippen LogP contribution in [0.25, 0.3) is 26.3 Å². The Morgan fingerprint density at radius 2 is 1.64 bits per heavy atom. The number of nitrogens with zero attached hydrogens (tertiary/aromatic N) is 2. The standard InChI is InChI=1S/C17H10N2O2S/c20-16-13-10-11-6-4-5-9-14(11)22-15(13)18-17(21)19(16)12-7-2-1-3-8-12/h1-10H. The summed E-state index contributed by atoms with van der Waals surface area (Å²) < 4.78 is 2.11. The lowest BCUT2D eigenvalue weighted by Gasteiger charge is -2.09. The van der Waals surface area contributed by atoms with E-state index in [1.807, 2.05) is 30.3 Å². The van der Waals surface area contributed by atoms with E-state index in [1.54, 1.807) is 30.3 Å². The van der Waals surface area contributed by atoms with Crippen molar-refractivity contribution in [3.8, 4) is 16.3 Å². The minimum absolute atomic E-state index is 0.330. The summed E-state index contributed by atoms with van der Waals surface area (Å²) in [5.74, 6) is 0. The lowest BCUT2D eigenvalue weighted by Crippen LogP contribution is -2.35. The molecule has 2 heterocycles. The molecule has 2 aliphatic rings. The molecule has 5 heteroatoms. The Hall–Kier alpha value is -2.79. The number of rotatable bonds is 1. The molecule has 106 valence electrons. The fraction of sp³-hybridized carbons (Fsp3) is 0. The molecule has 0 unspecified atom stereocenters. The third kappa shape index (κ3) is 1.95. The van der Waals surface area contributed by atoms with E-state index in [0.29, 0.717) is 16.3 Å². The fourth-order valence-electron chi connectivity index (χ4n) is 2.45. The molecule has 22 heavy (non-hydrogen) atoms. The van der Waals surface area contributed by atoms with Gasteiger partial charge >= 0.3 is 5.69 Å². The van der Waals surface area contributed by atoms with Gasteiger partial charge in [0.05, 0.1) is 11.3 Å². The number of hydrogen-bond donors (Lipinski definition) is 0. The average Bonchev–Trinajstić information content (AvgIpc) is 2.54. The summed E-state index contributed by atoms with van der Waals surface area (Å²) in [5, 5.41) is 1.44. The molecular weight excluding hydrogens is 296 g/mol. The highest BCUT2D eigenvalue weighted by Gasteiger charge is 2.16. The van der Waals surface area contributed by atoms with E-state index in [-0.39, 0.29) is 5.56 Å². The first-order valence-corrected chi connectivity index (χ1v) is 7.57. The van der Waals surface area contributed by atoms with Gasteiger partial charge in [-0.1, -0.05) is 36.4 Å². The second kappa shape index (κ2) is 4.89. The number of benzene rings is 2. The Labute approximate surface area is 129 Å². The minimum atomic E-state index is -0.546. The van der Waals surface area contributed by atoms with Crippen molar-refractivity contribution in [2.24, 2.45) is 0 Å². The summed E-state index contributed by atoms with van der Waals surface area (Å²) in [6, 6.07) is 18.4. The molecule has 0 aliphatic carbocycles. The fourth-order valence-corrected chi connectivity index (χ4v) is 3.43. The first kappa shape index (κ1) is 12.9. The van der Waals surface area contributed by atoms with Crippen LogP contribution in [0.1, 0.15) is 0 Å². The van der Waals surface area contributed by atoms with Gasteiger partial charge in [0.1, 0.15) is 5.01 Å². The molecule has 0 radical (unpaired) electrons. The topological polar surface area (TPSA) is 52.0 Å². The zero-order valence-electron chi connectivity index (χ0n) is 11.4. The van der Waals surface area contributed by atoms with Crippen molar-refractivity contribution in [1.82, 2.24) is 9.55 Å². The van der Waals surface area contributed by atoms with Crippen LogP contribution in [0.4, 0.5) is 0 Å². The Kier molecular flexibility index (Phi) is 2.87. The van der Waals surface area contributed by atoms with Crippen molar-refractivity contribution in [3.63, 3.8) is 0 Å². The summed E-state index contributed by atoms with van der Waals surface area (Å²) in [5.41, 5.74) is 0.121. The SMILES string of the molecule is O=c1nc2sc3ccccc3cc-2c(=O)n1-c1ccccc1. The normalized spacial score (nSPS) is 11.1. The van der Waals surface area contributed by atoms with Crippen molar-refractivity contribution < 1.29 is 0 Å². The van der Waals surface area contributed by atoms with Gasteiger partial charge in [0, 0.05) is 4.70 Å². The van der Waals surface area contributed by atoms with E-state index < -0.39 is 5.69 Å². The van der Waals surface area contributed by atoms with Crippen LogP contribution in [0.2, 0.25) is 0 Å². The Balaban J connectivity index is 2.13. The summed E-state index contributed by atoms with van der Waals surface area (Å²) in [6.07, 6.45) is 0. The molecule has 2 aromatic carbocycles. The Bertz CT molecular complexity index is 1070. The summed E-state index contributed by atoms with van der Waals surface area (Å²) in [6.45, 7) is 0. The lowest BCUT2D eigenvalue weighted by atomic mass is 10.2. The first-order chi connectivity index (χ1) is 10.7. The van der Waals surface area contributed by atoms with Crippen molar-refractivity contribution in [1.29, 1.82) is 0 Å². The van der Waals surface area contributed by atoms with Gasteiger partial charge in [-0.15, -0.1) is 11.3 Å². The second-order valence-electron chi connectivity index (χ2n) is 4.87. The predicted octanol–water partition coefficient (Wildman–Crippen LogP) is 2.91. The molecule has 0 atom stereocenters. The van der Waals surface area contributed by atoms with Crippen LogP contribution >= 0.6 is 11.3 Å². The van der Waals surface area contributed by atoms with Crippen LogP contribution in [-0.2, 0) is 0 Å². The van der Waals surface area contributed by atoms with E-state index >= 15 is 0 Å². The highest BCUT2D eigenvalue weighted by Crippen LogP contribution is 2.28. The molecule has 2 aliphatic heterocycles. The molecule has 0 fully saturated rings. The summed E-state index contributed by atoms with van der Waals surface area (Å²) >= 11 is 1.36. The van der Waals surface area contributed by atoms with Crippen molar-refractivity contribution in [2.75, 3.05) is 0 Å². The molecule has 0 amide bonds. The van der Waals surface area contributed by atoms with Crippen molar-refractivity contribution in [2.45, 2.75) is 0 Å².